The molecule has 0 spiro atoms. The van der Waals surface area contributed by atoms with Crippen molar-refractivity contribution in [1.82, 2.24) is 4.57 Å². The lowest BCUT2D eigenvalue weighted by Gasteiger charge is -2.24. The highest BCUT2D eigenvalue weighted by Crippen LogP contribution is 2.31. The van der Waals surface area contributed by atoms with Crippen molar-refractivity contribution < 1.29 is 23.7 Å². The Morgan fingerprint density at radius 2 is 1.71 bits per heavy atom. The Morgan fingerprint density at radius 3 is 2.32 bits per heavy atom. The van der Waals surface area contributed by atoms with Gasteiger partial charge in [0.15, 0.2) is 16.3 Å². The van der Waals surface area contributed by atoms with E-state index in [1.54, 1.807) is 58.6 Å². The molecule has 2 heterocycles. The zero-order chi connectivity index (χ0) is 24.4. The minimum atomic E-state index is -0.679. The number of rotatable bonds is 6. The minimum Gasteiger partial charge on any atom is -0.497 e. The molecule has 0 N–H and O–H groups in total. The number of methoxy groups -OCH3 is 4. The van der Waals surface area contributed by atoms with Crippen LogP contribution in [0, 0.1) is 0 Å². The molecule has 1 aliphatic heterocycles. The maximum Gasteiger partial charge on any atom is 0.338 e. The van der Waals surface area contributed by atoms with Gasteiger partial charge >= 0.3 is 5.97 Å². The zero-order valence-corrected chi connectivity index (χ0v) is 20.3. The molecule has 176 valence electrons. The third kappa shape index (κ3) is 4.10. The van der Waals surface area contributed by atoms with Crippen LogP contribution in [-0.2, 0) is 9.53 Å². The summed E-state index contributed by atoms with van der Waals surface area (Å²) in [6.07, 6.45) is 1.77. The highest BCUT2D eigenvalue weighted by Gasteiger charge is 2.33. The Bertz CT molecular complexity index is 1450. The SMILES string of the molecule is COC(=O)C1=C(C)N=c2s/c(=C/c3ccc(OC)c(OC)c3)c(=O)n2[C@@H]1c1ccc(OC)cc1. The highest BCUT2D eigenvalue weighted by molar-refractivity contribution is 7.07. The smallest absolute Gasteiger partial charge is 0.338 e. The van der Waals surface area contributed by atoms with E-state index < -0.39 is 12.0 Å². The van der Waals surface area contributed by atoms with Gasteiger partial charge < -0.3 is 18.9 Å². The molecule has 2 aromatic carbocycles. The van der Waals surface area contributed by atoms with Crippen LogP contribution in [0.2, 0.25) is 0 Å². The average molecular weight is 481 g/mol. The molecule has 8 nitrogen and oxygen atoms in total. The zero-order valence-electron chi connectivity index (χ0n) is 19.4. The first-order valence-electron chi connectivity index (χ1n) is 10.4. The number of ether oxygens (including phenoxy) is 4. The lowest BCUT2D eigenvalue weighted by molar-refractivity contribution is -0.136. The maximum atomic E-state index is 13.6. The van der Waals surface area contributed by atoms with E-state index in [0.29, 0.717) is 37.9 Å². The molecule has 1 aromatic heterocycles. The Hall–Kier alpha value is -3.85. The molecular weight excluding hydrogens is 456 g/mol. The summed E-state index contributed by atoms with van der Waals surface area (Å²) in [4.78, 5) is 31.4. The van der Waals surface area contributed by atoms with Crippen molar-refractivity contribution in [1.29, 1.82) is 0 Å². The first-order chi connectivity index (χ1) is 16.4. The summed E-state index contributed by atoms with van der Waals surface area (Å²) in [6.45, 7) is 1.74. The number of benzene rings is 2. The second-order valence-electron chi connectivity index (χ2n) is 7.46. The number of hydrogen-bond donors (Lipinski definition) is 0. The standard InChI is InChI=1S/C25H24N2O6S/c1-14-21(24(29)33-5)22(16-7-9-17(30-2)10-8-16)27-23(28)20(34-25(27)26-14)13-15-6-11-18(31-3)19(12-15)32-4/h6-13,22H,1-5H3/b20-13+/t22-/m1/s1. The number of carbonyl (C=O) groups is 1. The molecule has 1 aliphatic rings. The van der Waals surface area contributed by atoms with Crippen LogP contribution >= 0.6 is 11.3 Å². The van der Waals surface area contributed by atoms with Crippen molar-refractivity contribution in [2.45, 2.75) is 13.0 Å². The van der Waals surface area contributed by atoms with Gasteiger partial charge in [0.2, 0.25) is 0 Å². The fraction of sp³-hybridized carbons (Fsp3) is 0.240. The summed E-state index contributed by atoms with van der Waals surface area (Å²) in [5, 5.41) is 0. The second kappa shape index (κ2) is 9.56. The molecule has 0 unspecified atom stereocenters. The van der Waals surface area contributed by atoms with Crippen LogP contribution < -0.4 is 29.1 Å². The van der Waals surface area contributed by atoms with E-state index in [9.17, 15) is 9.59 Å². The first kappa shape index (κ1) is 23.3. The van der Waals surface area contributed by atoms with Crippen LogP contribution in [0.4, 0.5) is 0 Å². The predicted molar refractivity (Wildman–Crippen MR) is 128 cm³/mol. The molecule has 0 bridgehead atoms. The molecular formula is C25H24N2O6S. The molecule has 0 saturated carbocycles. The summed E-state index contributed by atoms with van der Waals surface area (Å²) in [7, 11) is 6.02. The molecule has 3 aromatic rings. The maximum absolute atomic E-state index is 13.6. The van der Waals surface area contributed by atoms with Crippen molar-refractivity contribution in [2.75, 3.05) is 28.4 Å². The van der Waals surface area contributed by atoms with Crippen LogP contribution in [0.15, 0.2) is 63.5 Å². The monoisotopic (exact) mass is 480 g/mol. The van der Waals surface area contributed by atoms with Gasteiger partial charge in [0.05, 0.1) is 50.3 Å². The quantitative estimate of drug-likeness (QED) is 0.504. The van der Waals surface area contributed by atoms with Crippen molar-refractivity contribution in [3.63, 3.8) is 0 Å². The van der Waals surface area contributed by atoms with E-state index in [-0.39, 0.29) is 5.56 Å². The van der Waals surface area contributed by atoms with E-state index in [0.717, 1.165) is 11.1 Å². The number of nitrogens with zero attached hydrogens (tertiary/aromatic N) is 2. The topological polar surface area (TPSA) is 88.4 Å². The van der Waals surface area contributed by atoms with Crippen LogP contribution in [0.3, 0.4) is 0 Å². The number of esters is 1. The molecule has 0 radical (unpaired) electrons. The summed E-state index contributed by atoms with van der Waals surface area (Å²) < 4.78 is 23.0. The Morgan fingerprint density at radius 1 is 1.00 bits per heavy atom. The summed E-state index contributed by atoms with van der Waals surface area (Å²) in [5.74, 6) is 1.30. The van der Waals surface area contributed by atoms with E-state index in [2.05, 4.69) is 4.99 Å². The second-order valence-corrected chi connectivity index (χ2v) is 8.47. The van der Waals surface area contributed by atoms with Crippen LogP contribution in [0.1, 0.15) is 24.1 Å². The fourth-order valence-electron chi connectivity index (χ4n) is 3.89. The van der Waals surface area contributed by atoms with Gasteiger partial charge in [-0.25, -0.2) is 9.79 Å². The molecule has 0 saturated heterocycles. The molecule has 1 atom stereocenters. The Kier molecular flexibility index (Phi) is 6.56. The first-order valence-corrected chi connectivity index (χ1v) is 11.2. The normalized spacial score (nSPS) is 15.4. The number of fused-ring (bicyclic) bond motifs is 1. The number of thiazole rings is 1. The third-order valence-electron chi connectivity index (χ3n) is 5.56. The largest absolute Gasteiger partial charge is 0.497 e. The van der Waals surface area contributed by atoms with Crippen molar-refractivity contribution in [3.05, 3.63) is 84.5 Å². The molecule has 9 heteroatoms. The van der Waals surface area contributed by atoms with Crippen molar-refractivity contribution >= 4 is 23.4 Å². The van der Waals surface area contributed by atoms with Crippen LogP contribution in [-0.4, -0.2) is 39.0 Å². The summed E-state index contributed by atoms with van der Waals surface area (Å²) in [6, 6.07) is 12.0. The number of allylic oxidation sites excluding steroid dienone is 1. The van der Waals surface area contributed by atoms with Crippen molar-refractivity contribution in [3.8, 4) is 17.2 Å². The lowest BCUT2D eigenvalue weighted by atomic mass is 9.96. The van der Waals surface area contributed by atoms with Crippen LogP contribution in [0.25, 0.3) is 6.08 Å². The Labute approximate surface area is 200 Å². The van der Waals surface area contributed by atoms with Gasteiger partial charge in [0.25, 0.3) is 5.56 Å². The van der Waals surface area contributed by atoms with Gasteiger partial charge in [-0.05, 0) is 48.4 Å². The van der Waals surface area contributed by atoms with Gasteiger partial charge in [-0.3, -0.25) is 9.36 Å². The van der Waals surface area contributed by atoms with E-state index in [1.165, 1.54) is 23.0 Å². The number of aromatic nitrogens is 1. The average Bonchev–Trinajstić information content (AvgIpc) is 3.16. The van der Waals surface area contributed by atoms with E-state index >= 15 is 0 Å². The molecule has 0 amide bonds. The van der Waals surface area contributed by atoms with Gasteiger partial charge in [-0.1, -0.05) is 29.5 Å². The molecule has 34 heavy (non-hydrogen) atoms. The summed E-state index contributed by atoms with van der Waals surface area (Å²) >= 11 is 1.26. The number of hydrogen-bond acceptors (Lipinski definition) is 8. The van der Waals surface area contributed by atoms with Gasteiger partial charge in [-0.2, -0.15) is 0 Å². The Balaban J connectivity index is 1.92. The summed E-state index contributed by atoms with van der Waals surface area (Å²) in [5.41, 5.74) is 2.08. The van der Waals surface area contributed by atoms with Gasteiger partial charge in [-0.15, -0.1) is 0 Å². The molecule has 0 fully saturated rings. The predicted octanol–water partition coefficient (Wildman–Crippen LogP) is 2.43. The van der Waals surface area contributed by atoms with Gasteiger partial charge in [0, 0.05) is 0 Å². The number of carbonyl (C=O) groups excluding carboxylic acids is 1. The molecule has 4 rings (SSSR count). The molecule has 0 aliphatic carbocycles. The fourth-order valence-corrected chi connectivity index (χ4v) is 4.93. The van der Waals surface area contributed by atoms with E-state index in [1.807, 2.05) is 18.2 Å². The minimum absolute atomic E-state index is 0.256. The van der Waals surface area contributed by atoms with Crippen molar-refractivity contribution in [2.24, 2.45) is 4.99 Å². The van der Waals surface area contributed by atoms with Gasteiger partial charge in [0.1, 0.15) is 5.75 Å². The third-order valence-corrected chi connectivity index (χ3v) is 6.55. The van der Waals surface area contributed by atoms with Crippen LogP contribution in [0.5, 0.6) is 17.2 Å². The van der Waals surface area contributed by atoms with E-state index in [4.69, 9.17) is 18.9 Å². The lowest BCUT2D eigenvalue weighted by Crippen LogP contribution is -2.39. The highest BCUT2D eigenvalue weighted by atomic mass is 32.1.